The summed E-state index contributed by atoms with van der Waals surface area (Å²) in [7, 11) is -4.06. The van der Waals surface area contributed by atoms with Crippen molar-refractivity contribution in [3.05, 3.63) is 53.6 Å². The van der Waals surface area contributed by atoms with E-state index < -0.39 is 81.8 Å². The van der Waals surface area contributed by atoms with Gasteiger partial charge in [0.25, 0.3) is 5.56 Å². The van der Waals surface area contributed by atoms with E-state index in [4.69, 9.17) is 54.4 Å². The molecule has 11 N–H and O–H groups in total. The number of nitrogens with zero attached hydrogens (tertiary/aromatic N) is 7. The molecule has 4 aromatic rings. The molecule has 0 unspecified atom stereocenters. The molecule has 28 nitrogen and oxygen atoms in total. The molecule has 1 saturated carbocycles. The Balaban J connectivity index is 0.000000404. The molecule has 5 rings (SSSR count). The first-order chi connectivity index (χ1) is 29.6. The fourth-order valence-corrected chi connectivity index (χ4v) is 6.43. The normalized spacial score (nSPS) is 16.4. The highest BCUT2D eigenvalue weighted by Crippen LogP contribution is 2.48. The van der Waals surface area contributed by atoms with Gasteiger partial charge in [-0.3, -0.25) is 23.4 Å². The predicted octanol–water partition coefficient (Wildman–Crippen LogP) is 1.09. The van der Waals surface area contributed by atoms with Crippen LogP contribution in [0.15, 0.2) is 48.1 Å². The molecular weight excluding hydrogens is 879 g/mol. The molecule has 0 bridgehead atoms. The Morgan fingerprint density at radius 3 is 2.00 bits per heavy atom. The molecule has 1 aliphatic carbocycles. The van der Waals surface area contributed by atoms with Gasteiger partial charge in [0.2, 0.25) is 19.5 Å². The molecule has 0 spiro atoms. The molecule has 0 amide bonds. The minimum absolute atomic E-state index is 0. The van der Waals surface area contributed by atoms with E-state index in [2.05, 4.69) is 36.5 Å². The lowest BCUT2D eigenvalue weighted by Crippen LogP contribution is -2.20. The number of aromatic amines is 1. The van der Waals surface area contributed by atoms with Crippen LogP contribution in [0.4, 0.5) is 21.4 Å². The average Bonchev–Trinajstić information content (AvgIpc) is 3.88. The minimum Gasteiger partial charge on any atom is -0.478 e. The first-order valence-electron chi connectivity index (χ1n) is 18.6. The van der Waals surface area contributed by atoms with E-state index in [0.29, 0.717) is 41.0 Å². The van der Waals surface area contributed by atoms with Gasteiger partial charge >= 0.3 is 31.8 Å². The number of ether oxygens (including phenoxy) is 5. The number of anilines is 2. The number of fused-ring (bicyclic) bond motifs is 2. The van der Waals surface area contributed by atoms with Crippen molar-refractivity contribution >= 4 is 65.9 Å². The topological polar surface area (TPSA) is 422 Å². The zero-order chi connectivity index (χ0) is 47.0. The van der Waals surface area contributed by atoms with Crippen molar-refractivity contribution in [3.63, 3.8) is 0 Å². The summed E-state index contributed by atoms with van der Waals surface area (Å²) in [4.78, 5) is 76.6. The molecule has 0 aliphatic heterocycles. The van der Waals surface area contributed by atoms with Crippen molar-refractivity contribution in [1.82, 2.24) is 39.0 Å². The summed E-state index contributed by atoms with van der Waals surface area (Å²) in [5.74, 6) is -2.65. The molecule has 29 heteroatoms. The Morgan fingerprint density at radius 1 is 0.922 bits per heavy atom. The number of carbonyl (C=O) groups excluding carboxylic acids is 2. The summed E-state index contributed by atoms with van der Waals surface area (Å²) >= 11 is 0. The van der Waals surface area contributed by atoms with E-state index in [1.165, 1.54) is 19.0 Å². The van der Waals surface area contributed by atoms with Gasteiger partial charge in [-0.1, -0.05) is 6.58 Å². The summed E-state index contributed by atoms with van der Waals surface area (Å²) < 4.78 is 51.3. The summed E-state index contributed by atoms with van der Waals surface area (Å²) in [6, 6.07) is -0.263. The van der Waals surface area contributed by atoms with E-state index in [0.717, 1.165) is 0 Å². The van der Waals surface area contributed by atoms with Crippen LogP contribution in [-0.2, 0) is 53.4 Å². The monoisotopic (exact) mass is 930 g/mol. The van der Waals surface area contributed by atoms with Gasteiger partial charge in [-0.2, -0.15) is 4.98 Å². The van der Waals surface area contributed by atoms with Crippen molar-refractivity contribution < 1.29 is 82.4 Å². The number of imidazole rings is 2. The molecule has 0 radical (unpaired) electrons. The molecule has 1 aliphatic rings. The number of rotatable bonds is 17. The van der Waals surface area contributed by atoms with Crippen LogP contribution in [0.5, 0.6) is 0 Å². The Kier molecular flexibility index (Phi) is 20.9. The molecule has 4 aromatic heterocycles. The maximum Gasteiger partial charge on any atom is 0.510 e. The minimum atomic E-state index is -4.06. The second-order valence-electron chi connectivity index (χ2n) is 13.6. The number of aliphatic hydroxyl groups excluding tert-OH is 2. The largest absolute Gasteiger partial charge is 0.510 e. The van der Waals surface area contributed by atoms with Crippen LogP contribution in [0.3, 0.4) is 0 Å². The second-order valence-corrected chi connectivity index (χ2v) is 15.6. The molecule has 0 aromatic carbocycles. The number of carbonyl (C=O) groups is 4. The zero-order valence-electron chi connectivity index (χ0n) is 35.1. The van der Waals surface area contributed by atoms with Crippen molar-refractivity contribution in [2.24, 2.45) is 5.92 Å². The van der Waals surface area contributed by atoms with Crippen molar-refractivity contribution in [2.45, 2.75) is 78.0 Å². The number of aromatic nitrogens is 8. The molecule has 4 heterocycles. The van der Waals surface area contributed by atoms with Crippen LogP contribution in [0, 0.1) is 5.92 Å². The van der Waals surface area contributed by atoms with Crippen molar-refractivity contribution in [2.75, 3.05) is 38.0 Å². The number of hydrogen-bond acceptors (Lipinski definition) is 22. The Labute approximate surface area is 362 Å². The van der Waals surface area contributed by atoms with Gasteiger partial charge in [0, 0.05) is 18.1 Å². The van der Waals surface area contributed by atoms with E-state index >= 15 is 0 Å². The van der Waals surface area contributed by atoms with E-state index in [-0.39, 0.29) is 47.9 Å². The lowest BCUT2D eigenvalue weighted by molar-refractivity contribution is -0.134. The highest BCUT2D eigenvalue weighted by Gasteiger charge is 2.38. The molecule has 4 atom stereocenters. The summed E-state index contributed by atoms with van der Waals surface area (Å²) in [6.07, 6.45) is 1.18. The van der Waals surface area contributed by atoms with Crippen LogP contribution in [0.2, 0.25) is 0 Å². The van der Waals surface area contributed by atoms with E-state index in [1.54, 1.807) is 43.8 Å². The van der Waals surface area contributed by atoms with Gasteiger partial charge in [-0.15, -0.1) is 0 Å². The van der Waals surface area contributed by atoms with Gasteiger partial charge in [-0.05, 0) is 46.6 Å². The van der Waals surface area contributed by atoms with Gasteiger partial charge < -0.3 is 70.2 Å². The third-order valence-electron chi connectivity index (χ3n) is 8.10. The van der Waals surface area contributed by atoms with Crippen LogP contribution in [-0.4, -0.2) is 140 Å². The van der Waals surface area contributed by atoms with E-state index in [9.17, 15) is 38.8 Å². The SMILES string of the molecule is C=C1[C@H](CO)[C@@H](O)C[C@@H]1n1cnc2c(=O)[nH]c(N)nc21.CC(C)OC(=O)OCOP(=O)(CO[C@H](C)Cn1cnc2c(N)ncnc21)OCOC(=O)OC(C)C.O.O=C(O)/C=C/C(=O)O. The van der Waals surface area contributed by atoms with E-state index in [1.807, 2.05) is 0 Å². The third-order valence-corrected chi connectivity index (χ3v) is 9.56. The first-order valence-corrected chi connectivity index (χ1v) is 20.3. The highest BCUT2D eigenvalue weighted by molar-refractivity contribution is 7.53. The van der Waals surface area contributed by atoms with Gasteiger partial charge in [0.1, 0.15) is 18.2 Å². The smallest absolute Gasteiger partial charge is 0.478 e. The van der Waals surface area contributed by atoms with Crippen LogP contribution >= 0.6 is 7.60 Å². The first kappa shape index (κ1) is 53.6. The molecule has 64 heavy (non-hydrogen) atoms. The summed E-state index contributed by atoms with van der Waals surface area (Å²) in [5.41, 5.74) is 13.1. The number of hydrogen-bond donors (Lipinski definition) is 7. The van der Waals surface area contributed by atoms with Crippen molar-refractivity contribution in [3.8, 4) is 0 Å². The van der Waals surface area contributed by atoms with Crippen molar-refractivity contribution in [1.29, 1.82) is 0 Å². The highest BCUT2D eigenvalue weighted by atomic mass is 31.2. The predicted molar refractivity (Wildman–Crippen MR) is 220 cm³/mol. The number of aliphatic carboxylic acids is 2. The third kappa shape index (κ3) is 16.3. The van der Waals surface area contributed by atoms with Gasteiger partial charge in [-0.25, -0.2) is 39.1 Å². The van der Waals surface area contributed by atoms with Gasteiger partial charge in [0.05, 0.1) is 56.3 Å². The Morgan fingerprint density at radius 2 is 1.48 bits per heavy atom. The lowest BCUT2D eigenvalue weighted by atomic mass is 10.0. The fourth-order valence-electron chi connectivity index (χ4n) is 5.34. The summed E-state index contributed by atoms with van der Waals surface area (Å²) in [6.45, 7) is 10.7. The maximum absolute atomic E-state index is 13.1. The zero-order valence-corrected chi connectivity index (χ0v) is 36.0. The Bertz CT molecular complexity index is 2300. The molecule has 1 fully saturated rings. The average molecular weight is 931 g/mol. The molecular formula is C35H51N10O18P. The quantitative estimate of drug-likeness (QED) is 0.0256. The number of carboxylic acid groups (broad SMARTS) is 2. The fraction of sp³-hybridized carbons (Fsp3) is 0.486. The molecule has 0 saturated heterocycles. The number of carboxylic acids is 2. The standard InChI is InChI=1S/C19H30N5O10P.C12H15N5O3.C4H4O4.H2O/c1-12(2)33-18(25)28-9-31-35(27,32-10-29-19(26)34-13(3)4)11-30-14(5)6-24-8-23-15-16(20)21-7-22-17(15)24;1-5-6(3-18)8(19)2-7(5)17-4-14-9-10(17)15-12(13)16-11(9)20;5-3(6)1-2-4(7)8;/h7-8,12-14H,6,9-11H2,1-5H3,(H2,20,21,22);4,6-8,18-19H,1-3H2,(H3,13,15,16,20);1-2H,(H,5,6)(H,7,8);1H2/b;;2-1+;/t14-;6-,7-,8-;;/m10../s1. The number of H-pyrrole nitrogens is 1. The number of nitrogen functional groups attached to an aromatic ring is 2. The summed E-state index contributed by atoms with van der Waals surface area (Å²) in [5, 5.41) is 34.9. The number of aliphatic hydroxyl groups is 2. The van der Waals surface area contributed by atoms with Gasteiger partial charge in [0.15, 0.2) is 22.6 Å². The lowest BCUT2D eigenvalue weighted by Gasteiger charge is -2.21. The molecule has 354 valence electrons. The maximum atomic E-state index is 13.1. The second kappa shape index (κ2) is 24.9. The van der Waals surface area contributed by atoms with Crippen LogP contribution < -0.4 is 17.0 Å². The van der Waals surface area contributed by atoms with Crippen LogP contribution in [0.1, 0.15) is 47.1 Å². The number of nitrogens with two attached hydrogens (primary N) is 2. The van der Waals surface area contributed by atoms with Crippen LogP contribution in [0.25, 0.3) is 22.3 Å². The Hall–Kier alpha value is -6.55. The number of nitrogens with one attached hydrogen (secondary N) is 1.